The van der Waals surface area contributed by atoms with Crippen LogP contribution in [0.1, 0.15) is 42.5 Å². The minimum atomic E-state index is -0.149. The zero-order valence-corrected chi connectivity index (χ0v) is 11.8. The van der Waals surface area contributed by atoms with E-state index in [9.17, 15) is 10.2 Å². The smallest absolute Gasteiger partial charge is 0.117 e. The van der Waals surface area contributed by atoms with Crippen LogP contribution in [-0.4, -0.2) is 16.3 Å². The number of rotatable bonds is 0. The number of aliphatic hydroxyl groups excluding tert-OH is 1. The first-order chi connectivity index (χ1) is 9.09. The van der Waals surface area contributed by atoms with E-state index in [2.05, 4.69) is 6.92 Å². The summed E-state index contributed by atoms with van der Waals surface area (Å²) in [4.78, 5) is 1.46. The van der Waals surface area contributed by atoms with Gasteiger partial charge >= 0.3 is 0 Å². The summed E-state index contributed by atoms with van der Waals surface area (Å²) in [6.07, 6.45) is 4.02. The molecule has 3 atom stereocenters. The molecule has 1 aromatic carbocycles. The molecule has 1 fully saturated rings. The van der Waals surface area contributed by atoms with Crippen molar-refractivity contribution in [3.63, 3.8) is 0 Å². The van der Waals surface area contributed by atoms with Gasteiger partial charge in [-0.15, -0.1) is 11.3 Å². The van der Waals surface area contributed by atoms with Crippen molar-refractivity contribution in [3.8, 4) is 5.75 Å². The lowest BCUT2D eigenvalue weighted by molar-refractivity contribution is 0.0467. The van der Waals surface area contributed by atoms with Crippen LogP contribution in [-0.2, 0) is 6.42 Å². The minimum absolute atomic E-state index is 0.0654. The molecular formula is C16H18O2S. The molecule has 2 aromatic rings. The number of benzene rings is 1. The molecule has 0 amide bonds. The van der Waals surface area contributed by atoms with Crippen molar-refractivity contribution in [2.75, 3.05) is 0 Å². The van der Waals surface area contributed by atoms with E-state index in [4.69, 9.17) is 0 Å². The van der Waals surface area contributed by atoms with Gasteiger partial charge < -0.3 is 10.2 Å². The second kappa shape index (κ2) is 3.74. The molecule has 4 rings (SSSR count). The number of fused-ring (bicyclic) bond motifs is 5. The fraction of sp³-hybridized carbons (Fsp3) is 0.500. The first kappa shape index (κ1) is 11.7. The molecule has 2 aliphatic rings. The van der Waals surface area contributed by atoms with E-state index in [1.165, 1.54) is 20.5 Å². The highest BCUT2D eigenvalue weighted by molar-refractivity contribution is 7.19. The number of thiophene rings is 1. The lowest BCUT2D eigenvalue weighted by Gasteiger charge is -2.38. The predicted octanol–water partition coefficient (Wildman–Crippen LogP) is 3.80. The molecule has 3 heteroatoms. The average Bonchev–Trinajstić information content (AvgIpc) is 2.87. The number of hydrogen-bond acceptors (Lipinski definition) is 3. The van der Waals surface area contributed by atoms with Gasteiger partial charge in [-0.05, 0) is 54.8 Å². The molecule has 100 valence electrons. The van der Waals surface area contributed by atoms with Gasteiger partial charge in [-0.25, -0.2) is 0 Å². The Morgan fingerprint density at radius 3 is 3.00 bits per heavy atom. The zero-order valence-electron chi connectivity index (χ0n) is 11.0. The largest absolute Gasteiger partial charge is 0.508 e. The van der Waals surface area contributed by atoms with E-state index in [1.54, 1.807) is 6.07 Å². The molecule has 0 aliphatic heterocycles. The van der Waals surface area contributed by atoms with Crippen molar-refractivity contribution in [1.82, 2.24) is 0 Å². The van der Waals surface area contributed by atoms with E-state index >= 15 is 0 Å². The third kappa shape index (κ3) is 1.46. The number of aliphatic hydroxyl groups is 1. The molecule has 1 heterocycles. The number of phenols is 1. The maximum Gasteiger partial charge on any atom is 0.117 e. The van der Waals surface area contributed by atoms with Gasteiger partial charge in [0.15, 0.2) is 0 Å². The van der Waals surface area contributed by atoms with Crippen LogP contribution >= 0.6 is 11.3 Å². The van der Waals surface area contributed by atoms with Gasteiger partial charge in [0.2, 0.25) is 0 Å². The summed E-state index contributed by atoms with van der Waals surface area (Å²) in [6, 6.07) is 5.71. The van der Waals surface area contributed by atoms with Crippen molar-refractivity contribution >= 4 is 21.4 Å². The standard InChI is InChI=1S/C16H18O2S/c1-16-7-6-11-10-3-2-9(17)8-13(10)19-15(11)12(16)4-5-14(16)18/h2-3,8,12,14,17-18H,4-7H2,1H3/t12-,14+,16?/m0/s1. The maximum atomic E-state index is 10.3. The highest BCUT2D eigenvalue weighted by atomic mass is 32.1. The Bertz CT molecular complexity index is 660. The summed E-state index contributed by atoms with van der Waals surface area (Å²) in [5, 5.41) is 21.2. The Labute approximate surface area is 116 Å². The Balaban J connectivity index is 1.93. The van der Waals surface area contributed by atoms with E-state index in [1.807, 2.05) is 23.5 Å². The van der Waals surface area contributed by atoms with Gasteiger partial charge in [0.25, 0.3) is 0 Å². The molecule has 1 aromatic heterocycles. The second-order valence-corrected chi connectivity index (χ2v) is 7.36. The molecule has 2 N–H and O–H groups in total. The van der Waals surface area contributed by atoms with Crippen molar-refractivity contribution in [3.05, 3.63) is 28.6 Å². The molecule has 0 saturated heterocycles. The molecule has 19 heavy (non-hydrogen) atoms. The van der Waals surface area contributed by atoms with Crippen molar-refractivity contribution < 1.29 is 10.2 Å². The fourth-order valence-electron chi connectivity index (χ4n) is 4.08. The molecule has 1 unspecified atom stereocenters. The molecule has 2 nitrogen and oxygen atoms in total. The molecule has 0 bridgehead atoms. The number of phenolic OH excluding ortho intramolecular Hbond substituents is 1. The van der Waals surface area contributed by atoms with Crippen LogP contribution in [0.5, 0.6) is 5.75 Å². The predicted molar refractivity (Wildman–Crippen MR) is 77.9 cm³/mol. The summed E-state index contributed by atoms with van der Waals surface area (Å²) < 4.78 is 1.19. The van der Waals surface area contributed by atoms with Gasteiger partial charge in [-0.2, -0.15) is 0 Å². The van der Waals surface area contributed by atoms with E-state index in [0.717, 1.165) is 25.7 Å². The molecule has 0 radical (unpaired) electrons. The number of hydrogen-bond donors (Lipinski definition) is 2. The summed E-state index contributed by atoms with van der Waals surface area (Å²) in [6.45, 7) is 2.25. The Morgan fingerprint density at radius 1 is 1.32 bits per heavy atom. The van der Waals surface area contributed by atoms with Crippen molar-refractivity contribution in [2.24, 2.45) is 5.41 Å². The summed E-state index contributed by atoms with van der Waals surface area (Å²) in [5.74, 6) is 0.853. The SMILES string of the molecule is CC12CCc3c(sc4cc(O)ccc34)[C@@H]1CC[C@H]2O. The normalized spacial score (nSPS) is 33.4. The minimum Gasteiger partial charge on any atom is -0.508 e. The molecule has 1 saturated carbocycles. The summed E-state index contributed by atoms with van der Waals surface area (Å²) >= 11 is 1.82. The quantitative estimate of drug-likeness (QED) is 0.767. The third-order valence-electron chi connectivity index (χ3n) is 5.32. The Kier molecular flexibility index (Phi) is 2.31. The summed E-state index contributed by atoms with van der Waals surface area (Å²) in [5.41, 5.74) is 1.53. The highest BCUT2D eigenvalue weighted by Gasteiger charge is 2.49. The fourth-order valence-corrected chi connectivity index (χ4v) is 5.66. The van der Waals surface area contributed by atoms with Crippen LogP contribution in [0.3, 0.4) is 0 Å². The first-order valence-corrected chi connectivity index (χ1v) is 7.83. The van der Waals surface area contributed by atoms with Crippen LogP contribution in [0.2, 0.25) is 0 Å². The zero-order chi connectivity index (χ0) is 13.2. The van der Waals surface area contributed by atoms with Gasteiger partial charge in [-0.3, -0.25) is 0 Å². The van der Waals surface area contributed by atoms with Gasteiger partial charge in [-0.1, -0.05) is 6.92 Å². The molecular weight excluding hydrogens is 256 g/mol. The summed E-state index contributed by atoms with van der Waals surface area (Å²) in [7, 11) is 0. The van der Waals surface area contributed by atoms with Crippen LogP contribution in [0.4, 0.5) is 0 Å². The topological polar surface area (TPSA) is 40.5 Å². The van der Waals surface area contributed by atoms with Gasteiger partial charge in [0, 0.05) is 20.9 Å². The third-order valence-corrected chi connectivity index (χ3v) is 6.63. The van der Waals surface area contributed by atoms with E-state index in [0.29, 0.717) is 11.7 Å². The van der Waals surface area contributed by atoms with Crippen LogP contribution in [0.25, 0.3) is 10.1 Å². The second-order valence-electron chi connectivity index (χ2n) is 6.28. The van der Waals surface area contributed by atoms with Gasteiger partial charge in [0.1, 0.15) is 5.75 Å². The van der Waals surface area contributed by atoms with Gasteiger partial charge in [0.05, 0.1) is 6.10 Å². The number of aromatic hydroxyl groups is 1. The lowest BCUT2D eigenvalue weighted by atomic mass is 9.69. The van der Waals surface area contributed by atoms with Crippen LogP contribution < -0.4 is 0 Å². The lowest BCUT2D eigenvalue weighted by Crippen LogP contribution is -2.34. The van der Waals surface area contributed by atoms with Crippen molar-refractivity contribution in [1.29, 1.82) is 0 Å². The Hall–Kier alpha value is -1.06. The van der Waals surface area contributed by atoms with Crippen molar-refractivity contribution in [2.45, 2.75) is 44.6 Å². The van der Waals surface area contributed by atoms with Crippen LogP contribution in [0, 0.1) is 5.41 Å². The van der Waals surface area contributed by atoms with Crippen LogP contribution in [0.15, 0.2) is 18.2 Å². The Morgan fingerprint density at radius 2 is 2.16 bits per heavy atom. The highest BCUT2D eigenvalue weighted by Crippen LogP contribution is 2.58. The monoisotopic (exact) mass is 274 g/mol. The molecule has 2 aliphatic carbocycles. The molecule has 0 spiro atoms. The van der Waals surface area contributed by atoms with E-state index in [-0.39, 0.29) is 11.5 Å². The van der Waals surface area contributed by atoms with E-state index < -0.39 is 0 Å². The average molecular weight is 274 g/mol. The maximum absolute atomic E-state index is 10.3. The number of aryl methyl sites for hydroxylation is 1. The first-order valence-electron chi connectivity index (χ1n) is 7.02.